The van der Waals surface area contributed by atoms with Gasteiger partial charge in [-0.25, -0.2) is 5.10 Å². The lowest BCUT2D eigenvalue weighted by atomic mass is 9.69. The number of hydrogen-bond donors (Lipinski definition) is 1. The minimum atomic E-state index is -0.721. The summed E-state index contributed by atoms with van der Waals surface area (Å²) in [5, 5.41) is 15.3. The van der Waals surface area contributed by atoms with E-state index in [0.29, 0.717) is 0 Å². The van der Waals surface area contributed by atoms with Crippen LogP contribution >= 0.6 is 0 Å². The number of benzene rings is 3. The van der Waals surface area contributed by atoms with Crippen molar-refractivity contribution in [3.8, 4) is 0 Å². The van der Waals surface area contributed by atoms with Gasteiger partial charge in [0.25, 0.3) is 0 Å². The Morgan fingerprint density at radius 3 is 1.74 bits per heavy atom. The van der Waals surface area contributed by atoms with Crippen molar-refractivity contribution in [1.29, 1.82) is 0 Å². The maximum atomic E-state index is 13.9. The van der Waals surface area contributed by atoms with E-state index in [1.807, 2.05) is 56.6 Å². The molecule has 1 atom stereocenters. The fraction of sp³-hybridized carbons (Fsp3) is 0.375. The van der Waals surface area contributed by atoms with Gasteiger partial charge in [0.15, 0.2) is 5.82 Å². The first-order chi connectivity index (χ1) is 18.5. The van der Waals surface area contributed by atoms with Gasteiger partial charge in [0.1, 0.15) is 0 Å². The average molecular weight is 510 g/mol. The third kappa shape index (κ3) is 5.54. The van der Waals surface area contributed by atoms with E-state index in [1.54, 1.807) is 4.90 Å². The number of nitrogens with one attached hydrogen (secondary N) is 1. The second kappa shape index (κ2) is 12.6. The number of H-pyrrole nitrogens is 1. The van der Waals surface area contributed by atoms with Crippen LogP contribution in [0.2, 0.25) is 0 Å². The van der Waals surface area contributed by atoms with E-state index in [9.17, 15) is 4.79 Å². The van der Waals surface area contributed by atoms with Crippen LogP contribution in [0.1, 0.15) is 74.4 Å². The van der Waals surface area contributed by atoms with Crippen molar-refractivity contribution in [3.05, 3.63) is 114 Å². The molecule has 1 amide bonds. The van der Waals surface area contributed by atoms with Crippen LogP contribution in [0.4, 0.5) is 0 Å². The highest BCUT2D eigenvalue weighted by molar-refractivity contribution is 5.91. The van der Waals surface area contributed by atoms with Gasteiger partial charge in [-0.05, 0) is 46.4 Å². The first-order valence-corrected chi connectivity index (χ1v) is 13.7. The summed E-state index contributed by atoms with van der Waals surface area (Å²) >= 11 is 0. The molecule has 1 heterocycles. The Morgan fingerprint density at radius 2 is 1.26 bits per heavy atom. The van der Waals surface area contributed by atoms with Gasteiger partial charge < -0.3 is 4.90 Å². The molecular weight excluding hydrogens is 470 g/mol. The van der Waals surface area contributed by atoms with E-state index in [2.05, 4.69) is 76.1 Å². The highest BCUT2D eigenvalue weighted by Crippen LogP contribution is 2.41. The molecule has 0 aliphatic heterocycles. The maximum absolute atomic E-state index is 13.9. The lowest BCUT2D eigenvalue weighted by Gasteiger charge is -2.36. The van der Waals surface area contributed by atoms with Crippen molar-refractivity contribution in [3.63, 3.8) is 0 Å². The number of aromatic nitrogens is 4. The number of aromatic amines is 1. The molecule has 4 rings (SSSR count). The van der Waals surface area contributed by atoms with E-state index in [4.69, 9.17) is 0 Å². The lowest BCUT2D eigenvalue weighted by Crippen LogP contribution is -2.44. The molecule has 3 aromatic carbocycles. The first kappa shape index (κ1) is 27.2. The molecule has 198 valence electrons. The van der Waals surface area contributed by atoms with Crippen LogP contribution in [0.25, 0.3) is 0 Å². The highest BCUT2D eigenvalue weighted by atomic mass is 16.2. The first-order valence-electron chi connectivity index (χ1n) is 13.7. The molecule has 1 N–H and O–H groups in total. The lowest BCUT2D eigenvalue weighted by molar-refractivity contribution is -0.133. The van der Waals surface area contributed by atoms with Gasteiger partial charge in [0.2, 0.25) is 5.91 Å². The van der Waals surface area contributed by atoms with Gasteiger partial charge in [-0.3, -0.25) is 4.79 Å². The summed E-state index contributed by atoms with van der Waals surface area (Å²) in [6.07, 6.45) is 6.60. The Morgan fingerprint density at radius 1 is 0.737 bits per heavy atom. The van der Waals surface area contributed by atoms with Crippen molar-refractivity contribution in [1.82, 2.24) is 25.5 Å². The van der Waals surface area contributed by atoms with E-state index in [1.165, 1.54) is 5.56 Å². The predicted octanol–water partition coefficient (Wildman–Crippen LogP) is 6.31. The standard InChI is InChI=1S/C32H39N5O/c1-4-23-31(29-33-35-36-34-29,26-17-9-5-10-18-26)24-15-8-16-25-32(30(38)37(2)3,27-19-11-6-12-20-27)28-21-13-7-14-22-28/h5-7,9-14,17-22H,4,8,15-16,23-25H2,1-3H3,(H,33,34,35,36). The topological polar surface area (TPSA) is 74.8 Å². The minimum absolute atomic E-state index is 0.118. The van der Waals surface area contributed by atoms with Crippen molar-refractivity contribution >= 4 is 5.91 Å². The van der Waals surface area contributed by atoms with Crippen LogP contribution in [0.15, 0.2) is 91.0 Å². The van der Waals surface area contributed by atoms with E-state index >= 15 is 0 Å². The second-order valence-corrected chi connectivity index (χ2v) is 10.3. The number of rotatable bonds is 13. The molecule has 6 heteroatoms. The molecule has 0 saturated carbocycles. The summed E-state index contributed by atoms with van der Waals surface area (Å²) in [5.74, 6) is 0.948. The van der Waals surface area contributed by atoms with Gasteiger partial charge in [0.05, 0.1) is 10.8 Å². The molecule has 1 aromatic heterocycles. The zero-order valence-corrected chi connectivity index (χ0v) is 22.8. The Balaban J connectivity index is 1.58. The number of likely N-dealkylation sites (N-methyl/N-ethyl adjacent to an activating group) is 1. The summed E-state index contributed by atoms with van der Waals surface area (Å²) in [4.78, 5) is 15.6. The zero-order valence-electron chi connectivity index (χ0n) is 22.8. The van der Waals surface area contributed by atoms with Crippen LogP contribution in [0, 0.1) is 0 Å². The van der Waals surface area contributed by atoms with E-state index < -0.39 is 5.41 Å². The van der Waals surface area contributed by atoms with Gasteiger partial charge in [0, 0.05) is 14.1 Å². The minimum Gasteiger partial charge on any atom is -0.348 e. The van der Waals surface area contributed by atoms with Crippen LogP contribution in [0.3, 0.4) is 0 Å². The summed E-state index contributed by atoms with van der Waals surface area (Å²) in [5.41, 5.74) is 2.35. The molecule has 0 bridgehead atoms. The molecule has 0 fully saturated rings. The predicted molar refractivity (Wildman–Crippen MR) is 152 cm³/mol. The smallest absolute Gasteiger partial charge is 0.237 e. The Kier molecular flexibility index (Phi) is 9.06. The molecule has 0 aliphatic carbocycles. The normalized spacial score (nSPS) is 13.1. The molecule has 1 unspecified atom stereocenters. The van der Waals surface area contributed by atoms with Crippen molar-refractivity contribution in [2.75, 3.05) is 14.1 Å². The van der Waals surface area contributed by atoms with E-state index in [0.717, 1.165) is 61.9 Å². The molecule has 38 heavy (non-hydrogen) atoms. The molecular formula is C32H39N5O. The number of hydrogen-bond acceptors (Lipinski definition) is 4. The highest BCUT2D eigenvalue weighted by Gasteiger charge is 2.42. The SMILES string of the molecule is CCCC(CCCCCC(C(=O)N(C)C)(c1ccccc1)c1ccccc1)(c1ccccc1)c1nnn[nH]1. The number of amides is 1. The van der Waals surface area contributed by atoms with Crippen LogP contribution < -0.4 is 0 Å². The molecule has 0 saturated heterocycles. The monoisotopic (exact) mass is 509 g/mol. The van der Waals surface area contributed by atoms with Crippen LogP contribution in [-0.2, 0) is 15.6 Å². The van der Waals surface area contributed by atoms with Gasteiger partial charge in [-0.1, -0.05) is 124 Å². The molecule has 4 aromatic rings. The molecule has 6 nitrogen and oxygen atoms in total. The van der Waals surface area contributed by atoms with Gasteiger partial charge in [-0.15, -0.1) is 5.10 Å². The third-order valence-electron chi connectivity index (χ3n) is 7.76. The number of nitrogens with zero attached hydrogens (tertiary/aromatic N) is 4. The summed E-state index contributed by atoms with van der Waals surface area (Å²) in [6, 6.07) is 31.1. The third-order valence-corrected chi connectivity index (χ3v) is 7.76. The summed E-state index contributed by atoms with van der Waals surface area (Å²) < 4.78 is 0. The van der Waals surface area contributed by atoms with Crippen molar-refractivity contribution in [2.45, 2.75) is 62.7 Å². The number of unbranched alkanes of at least 4 members (excludes halogenated alkanes) is 2. The number of tetrazole rings is 1. The Bertz CT molecular complexity index is 1200. The molecule has 0 spiro atoms. The van der Waals surface area contributed by atoms with Crippen LogP contribution in [0.5, 0.6) is 0 Å². The zero-order chi connectivity index (χ0) is 26.8. The molecule has 0 radical (unpaired) electrons. The van der Waals surface area contributed by atoms with Crippen LogP contribution in [-0.4, -0.2) is 45.5 Å². The quantitative estimate of drug-likeness (QED) is 0.214. The fourth-order valence-corrected chi connectivity index (χ4v) is 5.96. The van der Waals surface area contributed by atoms with Crippen molar-refractivity contribution < 1.29 is 4.79 Å². The average Bonchev–Trinajstić information content (AvgIpc) is 3.51. The van der Waals surface area contributed by atoms with Gasteiger partial charge in [-0.2, -0.15) is 0 Å². The number of carbonyl (C=O) groups excluding carboxylic acids is 1. The maximum Gasteiger partial charge on any atom is 0.237 e. The Labute approximate surface area is 226 Å². The molecule has 0 aliphatic rings. The summed E-state index contributed by atoms with van der Waals surface area (Å²) in [6.45, 7) is 2.21. The van der Waals surface area contributed by atoms with E-state index in [-0.39, 0.29) is 11.3 Å². The Hall–Kier alpha value is -3.80. The number of carbonyl (C=O) groups is 1. The van der Waals surface area contributed by atoms with Crippen molar-refractivity contribution in [2.24, 2.45) is 0 Å². The fourth-order valence-electron chi connectivity index (χ4n) is 5.96. The second-order valence-electron chi connectivity index (χ2n) is 10.3. The summed E-state index contributed by atoms with van der Waals surface area (Å²) in [7, 11) is 3.71. The largest absolute Gasteiger partial charge is 0.348 e. The van der Waals surface area contributed by atoms with Gasteiger partial charge >= 0.3 is 0 Å².